The monoisotopic (exact) mass is 307 g/mol. The van der Waals surface area contributed by atoms with Crippen LogP contribution in [0.3, 0.4) is 0 Å². The second-order valence-corrected chi connectivity index (χ2v) is 6.16. The summed E-state index contributed by atoms with van der Waals surface area (Å²) in [7, 11) is 0. The van der Waals surface area contributed by atoms with E-state index < -0.39 is 0 Å². The average Bonchev–Trinajstić information content (AvgIpc) is 2.59. The van der Waals surface area contributed by atoms with E-state index in [2.05, 4.69) is 19.2 Å². The van der Waals surface area contributed by atoms with Gasteiger partial charge in [0.15, 0.2) is 11.6 Å². The smallest absolute Gasteiger partial charge is 0.196 e. The summed E-state index contributed by atoms with van der Waals surface area (Å²) in [4.78, 5) is 25.5. The third-order valence-electron chi connectivity index (χ3n) is 4.60. The molecule has 118 valence electrons. The second-order valence-electron chi connectivity index (χ2n) is 6.16. The fraction of sp³-hybridized carbons (Fsp3) is 0.300. The number of carbonyl (C=O) groups excluding carboxylic acids is 2. The van der Waals surface area contributed by atoms with E-state index >= 15 is 0 Å². The predicted molar refractivity (Wildman–Crippen MR) is 92.3 cm³/mol. The lowest BCUT2D eigenvalue weighted by Gasteiger charge is -2.21. The minimum Gasteiger partial charge on any atom is -0.384 e. The number of anilines is 1. The third kappa shape index (κ3) is 2.79. The van der Waals surface area contributed by atoms with E-state index in [9.17, 15) is 9.59 Å². The van der Waals surface area contributed by atoms with Crippen LogP contribution >= 0.6 is 0 Å². The van der Waals surface area contributed by atoms with Gasteiger partial charge in [0, 0.05) is 28.9 Å². The number of hydrogen-bond acceptors (Lipinski definition) is 3. The molecule has 3 heteroatoms. The van der Waals surface area contributed by atoms with E-state index in [0.717, 1.165) is 25.1 Å². The van der Waals surface area contributed by atoms with Gasteiger partial charge in [-0.2, -0.15) is 0 Å². The van der Waals surface area contributed by atoms with Crippen LogP contribution in [0.25, 0.3) is 0 Å². The lowest BCUT2D eigenvalue weighted by molar-refractivity contribution is 0.0979. The normalized spacial score (nSPS) is 14.2. The molecule has 0 aliphatic heterocycles. The Bertz CT molecular complexity index is 764. The molecule has 0 bridgehead atoms. The fourth-order valence-corrected chi connectivity index (χ4v) is 2.95. The maximum absolute atomic E-state index is 12.8. The summed E-state index contributed by atoms with van der Waals surface area (Å²) in [6, 6.07) is 12.5. The molecule has 1 unspecified atom stereocenters. The molecular formula is C20H21NO2. The largest absolute Gasteiger partial charge is 0.384 e. The first-order valence-electron chi connectivity index (χ1n) is 8.18. The van der Waals surface area contributed by atoms with E-state index in [1.807, 2.05) is 12.1 Å². The summed E-state index contributed by atoms with van der Waals surface area (Å²) in [6.07, 6.45) is 2.18. The van der Waals surface area contributed by atoms with Gasteiger partial charge in [0.2, 0.25) is 0 Å². The van der Waals surface area contributed by atoms with Gasteiger partial charge in [-0.25, -0.2) is 0 Å². The molecule has 2 aromatic rings. The Morgan fingerprint density at radius 3 is 2.26 bits per heavy atom. The highest BCUT2D eigenvalue weighted by Gasteiger charge is 2.31. The fourth-order valence-electron chi connectivity index (χ4n) is 2.95. The van der Waals surface area contributed by atoms with E-state index in [1.54, 1.807) is 30.3 Å². The van der Waals surface area contributed by atoms with Crippen LogP contribution in [0.5, 0.6) is 0 Å². The molecule has 1 N–H and O–H groups in total. The van der Waals surface area contributed by atoms with E-state index in [4.69, 9.17) is 0 Å². The SMILES string of the molecule is CCC(C)CCNc1cccc2c1C(=O)c1ccccc1C2=O. The number of ketones is 2. The average molecular weight is 307 g/mol. The standard InChI is InChI=1S/C20H21NO2/c1-3-13(2)11-12-21-17-10-6-9-16-18(17)20(23)15-8-5-4-7-14(15)19(16)22/h4-10,13,21H,3,11-12H2,1-2H3. The third-order valence-corrected chi connectivity index (χ3v) is 4.60. The number of fused-ring (bicyclic) bond motifs is 2. The maximum Gasteiger partial charge on any atom is 0.196 e. The number of carbonyl (C=O) groups is 2. The quantitative estimate of drug-likeness (QED) is 0.764. The first-order chi connectivity index (χ1) is 11.1. The molecule has 0 saturated heterocycles. The van der Waals surface area contributed by atoms with Crippen molar-refractivity contribution in [1.29, 1.82) is 0 Å². The Morgan fingerprint density at radius 2 is 1.57 bits per heavy atom. The van der Waals surface area contributed by atoms with Gasteiger partial charge >= 0.3 is 0 Å². The predicted octanol–water partition coefficient (Wildman–Crippen LogP) is 4.31. The molecule has 0 radical (unpaired) electrons. The van der Waals surface area contributed by atoms with Crippen LogP contribution in [0.1, 0.15) is 58.5 Å². The van der Waals surface area contributed by atoms with Crippen LogP contribution in [-0.4, -0.2) is 18.1 Å². The van der Waals surface area contributed by atoms with Crippen LogP contribution in [0, 0.1) is 5.92 Å². The minimum absolute atomic E-state index is 0.0677. The summed E-state index contributed by atoms with van der Waals surface area (Å²) in [5.41, 5.74) is 2.78. The highest BCUT2D eigenvalue weighted by atomic mass is 16.1. The maximum atomic E-state index is 12.8. The van der Waals surface area contributed by atoms with Crippen molar-refractivity contribution in [3.8, 4) is 0 Å². The lowest BCUT2D eigenvalue weighted by atomic mass is 9.83. The minimum atomic E-state index is -0.0687. The van der Waals surface area contributed by atoms with Crippen molar-refractivity contribution in [2.24, 2.45) is 5.92 Å². The molecule has 0 amide bonds. The van der Waals surface area contributed by atoms with Crippen molar-refractivity contribution in [3.05, 3.63) is 64.7 Å². The molecule has 0 heterocycles. The summed E-state index contributed by atoms with van der Waals surface area (Å²) in [5, 5.41) is 3.35. The molecule has 1 aliphatic rings. The van der Waals surface area contributed by atoms with Crippen LogP contribution in [0.2, 0.25) is 0 Å². The molecule has 3 rings (SSSR count). The Hall–Kier alpha value is -2.42. The van der Waals surface area contributed by atoms with Crippen molar-refractivity contribution >= 4 is 17.3 Å². The number of hydrogen-bond donors (Lipinski definition) is 1. The molecule has 0 saturated carbocycles. The zero-order chi connectivity index (χ0) is 16.4. The number of nitrogens with one attached hydrogen (secondary N) is 1. The first kappa shape index (κ1) is 15.5. The molecule has 1 atom stereocenters. The van der Waals surface area contributed by atoms with Crippen LogP contribution in [0.4, 0.5) is 5.69 Å². The first-order valence-corrected chi connectivity index (χ1v) is 8.18. The van der Waals surface area contributed by atoms with Crippen LogP contribution in [-0.2, 0) is 0 Å². The van der Waals surface area contributed by atoms with Gasteiger partial charge in [0.25, 0.3) is 0 Å². The molecule has 3 nitrogen and oxygen atoms in total. The Labute approximate surface area is 136 Å². The van der Waals surface area contributed by atoms with Gasteiger partial charge in [-0.05, 0) is 18.4 Å². The van der Waals surface area contributed by atoms with Gasteiger partial charge < -0.3 is 5.32 Å². The number of rotatable bonds is 5. The topological polar surface area (TPSA) is 46.2 Å². The van der Waals surface area contributed by atoms with Gasteiger partial charge in [-0.3, -0.25) is 9.59 Å². The number of benzene rings is 2. The van der Waals surface area contributed by atoms with E-state index in [0.29, 0.717) is 28.2 Å². The van der Waals surface area contributed by atoms with Gasteiger partial charge in [0.05, 0.1) is 5.56 Å². The Balaban J connectivity index is 1.94. The molecule has 0 spiro atoms. The highest BCUT2D eigenvalue weighted by molar-refractivity contribution is 6.30. The Kier molecular flexibility index (Phi) is 4.28. The summed E-state index contributed by atoms with van der Waals surface area (Å²) < 4.78 is 0. The second kappa shape index (κ2) is 6.37. The molecule has 2 aromatic carbocycles. The van der Waals surface area contributed by atoms with Gasteiger partial charge in [-0.15, -0.1) is 0 Å². The summed E-state index contributed by atoms with van der Waals surface area (Å²) in [5.74, 6) is 0.503. The molecule has 0 aromatic heterocycles. The summed E-state index contributed by atoms with van der Waals surface area (Å²) >= 11 is 0. The lowest BCUT2D eigenvalue weighted by Crippen LogP contribution is -2.22. The zero-order valence-corrected chi connectivity index (χ0v) is 13.6. The van der Waals surface area contributed by atoms with E-state index in [1.165, 1.54) is 0 Å². The van der Waals surface area contributed by atoms with Crippen molar-refractivity contribution in [1.82, 2.24) is 0 Å². The highest BCUT2D eigenvalue weighted by Crippen LogP contribution is 2.31. The summed E-state index contributed by atoms with van der Waals surface area (Å²) in [6.45, 7) is 5.19. The molecule has 23 heavy (non-hydrogen) atoms. The van der Waals surface area contributed by atoms with Crippen LogP contribution < -0.4 is 5.32 Å². The Morgan fingerprint density at radius 1 is 0.913 bits per heavy atom. The van der Waals surface area contributed by atoms with Crippen molar-refractivity contribution in [2.75, 3.05) is 11.9 Å². The van der Waals surface area contributed by atoms with Crippen LogP contribution in [0.15, 0.2) is 42.5 Å². The molecule has 1 aliphatic carbocycles. The van der Waals surface area contributed by atoms with Crippen molar-refractivity contribution in [2.45, 2.75) is 26.7 Å². The van der Waals surface area contributed by atoms with Gasteiger partial charge in [0.1, 0.15) is 0 Å². The van der Waals surface area contributed by atoms with Gasteiger partial charge in [-0.1, -0.05) is 56.7 Å². The van der Waals surface area contributed by atoms with Crippen molar-refractivity contribution < 1.29 is 9.59 Å². The van der Waals surface area contributed by atoms with Crippen molar-refractivity contribution in [3.63, 3.8) is 0 Å². The molecule has 0 fully saturated rings. The zero-order valence-electron chi connectivity index (χ0n) is 13.6. The van der Waals surface area contributed by atoms with E-state index in [-0.39, 0.29) is 11.6 Å². The molecular weight excluding hydrogens is 286 g/mol.